The molecule has 0 bridgehead atoms. The van der Waals surface area contributed by atoms with Crippen LogP contribution >= 0.6 is 11.3 Å². The number of aromatic nitrogens is 6. The van der Waals surface area contributed by atoms with Crippen LogP contribution in [0.1, 0.15) is 23.5 Å². The second-order valence-corrected chi connectivity index (χ2v) is 7.37. The summed E-state index contributed by atoms with van der Waals surface area (Å²) in [5.41, 5.74) is 2.40. The number of amides is 2. The van der Waals surface area contributed by atoms with Crippen LogP contribution in [0.15, 0.2) is 54.7 Å². The minimum absolute atomic E-state index is 0.220. The maximum Gasteiger partial charge on any atom is 0.275 e. The number of rotatable bonds is 6. The van der Waals surface area contributed by atoms with Crippen molar-refractivity contribution in [2.75, 3.05) is 10.6 Å². The van der Waals surface area contributed by atoms with Crippen molar-refractivity contribution in [1.82, 2.24) is 29.5 Å². The minimum Gasteiger partial charge on any atom is -0.324 e. The third-order valence-corrected chi connectivity index (χ3v) is 5.20. The van der Waals surface area contributed by atoms with E-state index >= 15 is 0 Å². The lowest BCUT2D eigenvalue weighted by Gasteiger charge is -2.12. The lowest BCUT2D eigenvalue weighted by atomic mass is 10.2. The van der Waals surface area contributed by atoms with Gasteiger partial charge < -0.3 is 10.6 Å². The minimum atomic E-state index is -0.495. The normalized spacial score (nSPS) is 11.8. The number of anilines is 2. The molecule has 0 saturated carbocycles. The molecule has 10 nitrogen and oxygen atoms in total. The first-order valence-electron chi connectivity index (χ1n) is 9.00. The topological polar surface area (TPSA) is 120 Å². The number of hydrogen-bond acceptors (Lipinski definition) is 7. The summed E-state index contributed by atoms with van der Waals surface area (Å²) >= 11 is 1.38. The fourth-order valence-corrected chi connectivity index (χ4v) is 3.43. The summed E-state index contributed by atoms with van der Waals surface area (Å²) in [4.78, 5) is 33.0. The van der Waals surface area contributed by atoms with E-state index in [4.69, 9.17) is 0 Å². The van der Waals surface area contributed by atoms with Crippen LogP contribution in [-0.2, 0) is 11.8 Å². The number of hydrogen-bond donors (Lipinski definition) is 2. The number of benzene rings is 1. The molecule has 0 aliphatic rings. The highest BCUT2D eigenvalue weighted by atomic mass is 32.1. The molecule has 0 saturated heterocycles. The van der Waals surface area contributed by atoms with Crippen LogP contribution in [0.3, 0.4) is 0 Å². The SMILES string of the molecule is CC(C(=O)Nc1ccc(NC(=O)c2csc(-c3cnn(C)c3)n2)cc1)n1cncn1. The number of aryl methyl sites for hydroxylation is 1. The fraction of sp³-hybridized carbons (Fsp3) is 0.158. The summed E-state index contributed by atoms with van der Waals surface area (Å²) in [6.07, 6.45) is 6.42. The molecule has 1 unspecified atom stereocenters. The Morgan fingerprint density at radius 2 is 1.83 bits per heavy atom. The monoisotopic (exact) mass is 422 g/mol. The number of nitrogens with zero attached hydrogens (tertiary/aromatic N) is 6. The first-order valence-corrected chi connectivity index (χ1v) is 9.88. The average molecular weight is 422 g/mol. The average Bonchev–Trinajstić information content (AvgIpc) is 3.50. The molecule has 1 atom stereocenters. The van der Waals surface area contributed by atoms with E-state index < -0.39 is 6.04 Å². The van der Waals surface area contributed by atoms with Crippen LogP contribution in [0.2, 0.25) is 0 Å². The Morgan fingerprint density at radius 1 is 1.10 bits per heavy atom. The predicted molar refractivity (Wildman–Crippen MR) is 112 cm³/mol. The molecule has 0 aliphatic heterocycles. The molecule has 0 spiro atoms. The quantitative estimate of drug-likeness (QED) is 0.493. The Hall–Kier alpha value is -3.86. The van der Waals surface area contributed by atoms with Crippen LogP contribution in [0.25, 0.3) is 10.6 Å². The molecular weight excluding hydrogens is 404 g/mol. The second-order valence-electron chi connectivity index (χ2n) is 6.51. The van der Waals surface area contributed by atoms with Crippen LogP contribution in [0.5, 0.6) is 0 Å². The maximum absolute atomic E-state index is 12.5. The molecule has 11 heteroatoms. The molecule has 0 fully saturated rings. The Balaban J connectivity index is 1.37. The van der Waals surface area contributed by atoms with E-state index in [1.165, 1.54) is 28.7 Å². The molecule has 1 aromatic carbocycles. The highest BCUT2D eigenvalue weighted by Gasteiger charge is 2.16. The fourth-order valence-electron chi connectivity index (χ4n) is 2.66. The van der Waals surface area contributed by atoms with Crippen molar-refractivity contribution >= 4 is 34.5 Å². The van der Waals surface area contributed by atoms with E-state index in [0.717, 1.165) is 10.6 Å². The summed E-state index contributed by atoms with van der Waals surface area (Å²) in [6.45, 7) is 1.73. The van der Waals surface area contributed by atoms with Gasteiger partial charge in [-0.3, -0.25) is 14.3 Å². The van der Waals surface area contributed by atoms with E-state index in [1.807, 2.05) is 13.2 Å². The van der Waals surface area contributed by atoms with Crippen molar-refractivity contribution in [3.8, 4) is 10.6 Å². The zero-order chi connectivity index (χ0) is 21.1. The van der Waals surface area contributed by atoms with Crippen molar-refractivity contribution in [1.29, 1.82) is 0 Å². The summed E-state index contributed by atoms with van der Waals surface area (Å²) in [5.74, 6) is -0.527. The van der Waals surface area contributed by atoms with Gasteiger partial charge in [0.25, 0.3) is 5.91 Å². The highest BCUT2D eigenvalue weighted by molar-refractivity contribution is 7.13. The molecule has 2 N–H and O–H groups in total. The highest BCUT2D eigenvalue weighted by Crippen LogP contribution is 2.23. The van der Waals surface area contributed by atoms with Gasteiger partial charge in [-0.05, 0) is 31.2 Å². The summed E-state index contributed by atoms with van der Waals surface area (Å²) in [7, 11) is 1.83. The summed E-state index contributed by atoms with van der Waals surface area (Å²) in [5, 5.41) is 16.1. The van der Waals surface area contributed by atoms with Crippen LogP contribution in [0.4, 0.5) is 11.4 Å². The van der Waals surface area contributed by atoms with Gasteiger partial charge in [0.15, 0.2) is 0 Å². The maximum atomic E-state index is 12.5. The molecule has 3 aromatic heterocycles. The van der Waals surface area contributed by atoms with Crippen molar-refractivity contribution in [2.24, 2.45) is 7.05 Å². The lowest BCUT2D eigenvalue weighted by molar-refractivity contribution is -0.119. The van der Waals surface area contributed by atoms with E-state index in [2.05, 4.69) is 30.8 Å². The standard InChI is InChI=1S/C19H18N8O2S/c1-12(27-11-20-10-22-27)17(28)23-14-3-5-15(6-4-14)24-18(29)16-9-30-19(25-16)13-7-21-26(2)8-13/h3-12H,1-2H3,(H,23,28)(H,24,29). The number of carbonyl (C=O) groups is 2. The molecule has 0 aliphatic carbocycles. The van der Waals surface area contributed by atoms with E-state index in [1.54, 1.807) is 47.4 Å². The summed E-state index contributed by atoms with van der Waals surface area (Å²) < 4.78 is 3.15. The number of thiazole rings is 1. The van der Waals surface area contributed by atoms with Crippen molar-refractivity contribution in [3.63, 3.8) is 0 Å². The van der Waals surface area contributed by atoms with E-state index in [0.29, 0.717) is 17.1 Å². The van der Waals surface area contributed by atoms with Crippen LogP contribution in [0, 0.1) is 0 Å². The molecular formula is C19H18N8O2S. The van der Waals surface area contributed by atoms with Crippen molar-refractivity contribution < 1.29 is 9.59 Å². The van der Waals surface area contributed by atoms with Crippen LogP contribution in [-0.4, -0.2) is 41.3 Å². The number of nitrogens with one attached hydrogen (secondary N) is 2. The van der Waals surface area contributed by atoms with Gasteiger partial charge in [0.2, 0.25) is 5.91 Å². The van der Waals surface area contributed by atoms with Gasteiger partial charge in [-0.2, -0.15) is 10.2 Å². The zero-order valence-corrected chi connectivity index (χ0v) is 17.0. The Morgan fingerprint density at radius 3 is 2.47 bits per heavy atom. The third-order valence-electron chi connectivity index (χ3n) is 4.31. The first kappa shape index (κ1) is 19.5. The molecule has 2 amide bonds. The molecule has 4 aromatic rings. The molecule has 152 valence electrons. The predicted octanol–water partition coefficient (Wildman–Crippen LogP) is 2.59. The van der Waals surface area contributed by atoms with Crippen LogP contribution < -0.4 is 10.6 Å². The molecule has 30 heavy (non-hydrogen) atoms. The van der Waals surface area contributed by atoms with Crippen molar-refractivity contribution in [3.05, 3.63) is 60.4 Å². The van der Waals surface area contributed by atoms with Gasteiger partial charge >= 0.3 is 0 Å². The Labute approximate surface area is 175 Å². The Kier molecular flexibility index (Phi) is 5.35. The van der Waals surface area contributed by atoms with Gasteiger partial charge in [-0.15, -0.1) is 11.3 Å². The van der Waals surface area contributed by atoms with Gasteiger partial charge in [0.05, 0.1) is 6.20 Å². The van der Waals surface area contributed by atoms with Gasteiger partial charge in [-0.25, -0.2) is 14.6 Å². The Bertz CT molecular complexity index is 1160. The van der Waals surface area contributed by atoms with Gasteiger partial charge in [0.1, 0.15) is 29.4 Å². The van der Waals surface area contributed by atoms with E-state index in [-0.39, 0.29) is 11.8 Å². The largest absolute Gasteiger partial charge is 0.324 e. The number of carbonyl (C=O) groups excluding carboxylic acids is 2. The first-order chi connectivity index (χ1) is 14.5. The van der Waals surface area contributed by atoms with E-state index in [9.17, 15) is 9.59 Å². The van der Waals surface area contributed by atoms with Crippen molar-refractivity contribution in [2.45, 2.75) is 13.0 Å². The third kappa shape index (κ3) is 4.25. The summed E-state index contributed by atoms with van der Waals surface area (Å²) in [6, 6.07) is 6.35. The molecule has 3 heterocycles. The van der Waals surface area contributed by atoms with Gasteiger partial charge in [-0.1, -0.05) is 0 Å². The molecule has 0 radical (unpaired) electrons. The lowest BCUT2D eigenvalue weighted by Crippen LogP contribution is -2.24. The zero-order valence-electron chi connectivity index (χ0n) is 16.2. The smallest absolute Gasteiger partial charge is 0.275 e. The molecule has 4 rings (SSSR count). The van der Waals surface area contributed by atoms with Gasteiger partial charge in [0, 0.05) is 35.6 Å². The second kappa shape index (κ2) is 8.25.